The van der Waals surface area contributed by atoms with Crippen LogP contribution in [0.15, 0.2) is 46.3 Å². The molecule has 5 heteroatoms. The van der Waals surface area contributed by atoms with E-state index >= 15 is 0 Å². The minimum atomic E-state index is 0.00520. The second kappa shape index (κ2) is 6.63. The van der Waals surface area contributed by atoms with Crippen LogP contribution in [-0.2, 0) is 4.79 Å². The monoisotopic (exact) mass is 290 g/mol. The average molecular weight is 290 g/mol. The van der Waals surface area contributed by atoms with Gasteiger partial charge in [0.25, 0.3) is 5.91 Å². The first-order valence-electron chi connectivity index (χ1n) is 6.03. The maximum absolute atomic E-state index is 11.9. The predicted molar refractivity (Wildman–Crippen MR) is 84.9 cm³/mol. The van der Waals surface area contributed by atoms with Crippen molar-refractivity contribution < 1.29 is 4.79 Å². The Balaban J connectivity index is 1.95. The van der Waals surface area contributed by atoms with Crippen LogP contribution in [0.5, 0.6) is 0 Å². The van der Waals surface area contributed by atoms with Crippen LogP contribution < -0.4 is 0 Å². The Bertz CT molecular complexity index is 538. The van der Waals surface area contributed by atoms with Crippen molar-refractivity contribution in [2.24, 2.45) is 4.99 Å². The largest absolute Gasteiger partial charge is 0.293 e. The Hall–Kier alpha value is -1.46. The fourth-order valence-electron chi connectivity index (χ4n) is 1.64. The summed E-state index contributed by atoms with van der Waals surface area (Å²) in [6.45, 7) is 2.55. The molecule has 1 aliphatic rings. The molecule has 0 radical (unpaired) electrons. The number of nitrogens with zero attached hydrogens (tertiary/aromatic N) is 2. The van der Waals surface area contributed by atoms with Crippen molar-refractivity contribution in [3.8, 4) is 0 Å². The van der Waals surface area contributed by atoms with Crippen LogP contribution in [0.3, 0.4) is 0 Å². The average Bonchev–Trinajstić information content (AvgIpc) is 2.70. The van der Waals surface area contributed by atoms with Gasteiger partial charge in [-0.2, -0.15) is 0 Å². The Labute approximate surface area is 122 Å². The first-order valence-corrected chi connectivity index (χ1v) is 7.26. The molecule has 0 atom stereocenters. The van der Waals surface area contributed by atoms with Crippen LogP contribution >= 0.6 is 24.0 Å². The molecule has 0 aliphatic carbocycles. The van der Waals surface area contributed by atoms with E-state index < -0.39 is 0 Å². The zero-order valence-electron chi connectivity index (χ0n) is 10.6. The van der Waals surface area contributed by atoms with Crippen LogP contribution in [0.1, 0.15) is 13.3 Å². The van der Waals surface area contributed by atoms with Crippen molar-refractivity contribution in [3.63, 3.8) is 0 Å². The second-order valence-corrected chi connectivity index (χ2v) is 5.54. The van der Waals surface area contributed by atoms with E-state index in [0.29, 0.717) is 22.2 Å². The van der Waals surface area contributed by atoms with Gasteiger partial charge in [-0.1, -0.05) is 48.3 Å². The van der Waals surface area contributed by atoms with E-state index in [1.54, 1.807) is 11.1 Å². The van der Waals surface area contributed by atoms with Gasteiger partial charge in [-0.15, -0.1) is 0 Å². The van der Waals surface area contributed by atoms with Gasteiger partial charge in [0.2, 0.25) is 0 Å². The Kier molecular flexibility index (Phi) is 4.87. The van der Waals surface area contributed by atoms with Gasteiger partial charge in [0.05, 0.1) is 10.6 Å². The van der Waals surface area contributed by atoms with Gasteiger partial charge in [0.1, 0.15) is 4.32 Å². The molecule has 0 spiro atoms. The van der Waals surface area contributed by atoms with Gasteiger partial charge in [0.15, 0.2) is 0 Å². The zero-order valence-corrected chi connectivity index (χ0v) is 12.2. The van der Waals surface area contributed by atoms with Crippen LogP contribution in [0.2, 0.25) is 0 Å². The first kappa shape index (κ1) is 14.0. The highest BCUT2D eigenvalue weighted by Gasteiger charge is 2.29. The number of thioether (sulfide) groups is 1. The highest BCUT2D eigenvalue weighted by atomic mass is 32.2. The fourth-order valence-corrected chi connectivity index (χ4v) is 3.01. The Morgan fingerprint density at radius 2 is 2.11 bits per heavy atom. The van der Waals surface area contributed by atoms with Crippen LogP contribution in [0, 0.1) is 0 Å². The molecule has 0 N–H and O–H groups in total. The number of carbonyl (C=O) groups excluding carboxylic acids is 1. The lowest BCUT2D eigenvalue weighted by molar-refractivity contribution is -0.122. The summed E-state index contributed by atoms with van der Waals surface area (Å²) in [5.41, 5.74) is 0.914. The van der Waals surface area contributed by atoms with E-state index in [1.165, 1.54) is 11.8 Å². The number of allylic oxidation sites excluding steroid dienone is 1. The third-order valence-electron chi connectivity index (χ3n) is 2.60. The summed E-state index contributed by atoms with van der Waals surface area (Å²) in [4.78, 5) is 18.5. The van der Waals surface area contributed by atoms with Crippen molar-refractivity contribution in [3.05, 3.63) is 41.3 Å². The van der Waals surface area contributed by atoms with Crippen LogP contribution in [-0.4, -0.2) is 27.9 Å². The summed E-state index contributed by atoms with van der Waals surface area (Å²) in [6.07, 6.45) is 4.30. The molecule has 0 saturated carbocycles. The molecular formula is C14H14N2OS2. The van der Waals surface area contributed by atoms with Gasteiger partial charge < -0.3 is 0 Å². The van der Waals surface area contributed by atoms with E-state index in [1.807, 2.05) is 43.3 Å². The van der Waals surface area contributed by atoms with Crippen molar-refractivity contribution in [1.82, 2.24) is 4.90 Å². The van der Waals surface area contributed by atoms with Gasteiger partial charge >= 0.3 is 0 Å². The molecule has 1 aromatic carbocycles. The van der Waals surface area contributed by atoms with E-state index in [-0.39, 0.29) is 5.91 Å². The minimum Gasteiger partial charge on any atom is -0.293 e. The molecular weight excluding hydrogens is 276 g/mol. The van der Waals surface area contributed by atoms with E-state index in [4.69, 9.17) is 12.2 Å². The molecule has 1 aliphatic heterocycles. The number of benzene rings is 1. The number of para-hydroxylation sites is 1. The van der Waals surface area contributed by atoms with Crippen molar-refractivity contribution in [2.75, 3.05) is 6.54 Å². The molecule has 0 unspecified atom stereocenters. The molecule has 2 rings (SSSR count). The summed E-state index contributed by atoms with van der Waals surface area (Å²) in [5, 5.41) is 0. The van der Waals surface area contributed by atoms with Crippen molar-refractivity contribution in [1.29, 1.82) is 0 Å². The maximum atomic E-state index is 11.9. The molecule has 98 valence electrons. The Morgan fingerprint density at radius 1 is 1.37 bits per heavy atom. The van der Waals surface area contributed by atoms with Gasteiger partial charge in [-0.3, -0.25) is 14.7 Å². The lowest BCUT2D eigenvalue weighted by Gasteiger charge is -2.09. The van der Waals surface area contributed by atoms with E-state index in [0.717, 1.165) is 5.69 Å². The lowest BCUT2D eigenvalue weighted by atomic mass is 10.3. The number of amides is 1. The summed E-state index contributed by atoms with van der Waals surface area (Å²) in [5.74, 6) is 0.00520. The maximum Gasteiger partial charge on any atom is 0.265 e. The molecule has 3 nitrogen and oxygen atoms in total. The highest BCUT2D eigenvalue weighted by Crippen LogP contribution is 2.30. The SMILES string of the molecule is CCN1C(=O)/C(=C\CC=Nc2ccccc2)SC1=S. The van der Waals surface area contributed by atoms with Crippen LogP contribution in [0.25, 0.3) is 0 Å². The molecule has 1 fully saturated rings. The van der Waals surface area contributed by atoms with Crippen LogP contribution in [0.4, 0.5) is 5.69 Å². The second-order valence-electron chi connectivity index (χ2n) is 3.87. The van der Waals surface area contributed by atoms with E-state index in [2.05, 4.69) is 4.99 Å². The summed E-state index contributed by atoms with van der Waals surface area (Å²) >= 11 is 6.50. The number of rotatable bonds is 4. The standard InChI is InChI=1S/C14H14N2OS2/c1-2-16-13(17)12(19-14(16)18)9-6-10-15-11-7-4-3-5-8-11/h3-5,7-10H,2,6H2,1H3/b12-9+,15-10?. The smallest absolute Gasteiger partial charge is 0.265 e. The predicted octanol–water partition coefficient (Wildman–Crippen LogP) is 3.54. The number of thiocarbonyl (C=S) groups is 1. The normalized spacial score (nSPS) is 17.9. The molecule has 0 aromatic heterocycles. The number of likely N-dealkylation sites (N-methyl/N-ethyl adjacent to an activating group) is 1. The lowest BCUT2D eigenvalue weighted by Crippen LogP contribution is -2.27. The molecule has 1 saturated heterocycles. The number of aliphatic imine (C=N–C) groups is 1. The Morgan fingerprint density at radius 3 is 2.74 bits per heavy atom. The molecule has 19 heavy (non-hydrogen) atoms. The van der Waals surface area contributed by atoms with E-state index in [9.17, 15) is 4.79 Å². The number of carbonyl (C=O) groups is 1. The fraction of sp³-hybridized carbons (Fsp3) is 0.214. The van der Waals surface area contributed by atoms with Crippen molar-refractivity contribution in [2.45, 2.75) is 13.3 Å². The number of hydrogen-bond donors (Lipinski definition) is 0. The molecule has 0 bridgehead atoms. The van der Waals surface area contributed by atoms with Gasteiger partial charge in [0, 0.05) is 19.2 Å². The minimum absolute atomic E-state index is 0.00520. The first-order chi connectivity index (χ1) is 9.22. The van der Waals surface area contributed by atoms with Crippen molar-refractivity contribution >= 4 is 46.1 Å². The van der Waals surface area contributed by atoms with Gasteiger partial charge in [-0.25, -0.2) is 0 Å². The summed E-state index contributed by atoms with van der Waals surface area (Å²) in [7, 11) is 0. The van der Waals surface area contributed by atoms with Gasteiger partial charge in [-0.05, 0) is 19.1 Å². The third-order valence-corrected chi connectivity index (χ3v) is 4.02. The summed E-state index contributed by atoms with van der Waals surface area (Å²) in [6, 6.07) is 9.72. The zero-order chi connectivity index (χ0) is 13.7. The summed E-state index contributed by atoms with van der Waals surface area (Å²) < 4.78 is 0.638. The topological polar surface area (TPSA) is 32.7 Å². The molecule has 1 aromatic rings. The highest BCUT2D eigenvalue weighted by molar-refractivity contribution is 8.26. The molecule has 1 amide bonds. The third kappa shape index (κ3) is 3.52. The number of hydrogen-bond acceptors (Lipinski definition) is 4. The molecule has 1 heterocycles. The quantitative estimate of drug-likeness (QED) is 0.483.